The molecule has 0 rings (SSSR count). The Labute approximate surface area is 83.1 Å². The molecule has 0 aliphatic carbocycles. The largest absolute Gasteiger partial charge is 0.332 e. The molecule has 0 aliphatic heterocycles. The molecule has 0 bridgehead atoms. The molecular weight excluding hydrogens is 214 g/mol. The quantitative estimate of drug-likeness (QED) is 0.380. The number of hydrogen-bond donors (Lipinski definition) is 0. The standard InChI is InChI=1S/C7H14ClO4P/c1-3-11-13(10,12-4-2)6-7(8)5-9/h5,7H,3-4,6H2,1-2H3. The summed E-state index contributed by atoms with van der Waals surface area (Å²) in [5.41, 5.74) is 0. The third kappa shape index (κ3) is 5.42. The minimum Gasteiger partial charge on any atom is -0.309 e. The highest BCUT2D eigenvalue weighted by molar-refractivity contribution is 7.54. The van der Waals surface area contributed by atoms with E-state index in [1.165, 1.54) is 0 Å². The fourth-order valence-electron chi connectivity index (χ4n) is 0.793. The van der Waals surface area contributed by atoms with Crippen LogP contribution in [0.1, 0.15) is 13.8 Å². The molecule has 4 nitrogen and oxygen atoms in total. The number of halogens is 1. The van der Waals surface area contributed by atoms with Crippen LogP contribution in [0, 0.1) is 0 Å². The summed E-state index contributed by atoms with van der Waals surface area (Å²) in [5.74, 6) is 0. The lowest BCUT2D eigenvalue weighted by atomic mass is 10.5. The highest BCUT2D eigenvalue weighted by Gasteiger charge is 2.27. The second-order valence-electron chi connectivity index (χ2n) is 2.28. The Morgan fingerprint density at radius 3 is 2.15 bits per heavy atom. The molecule has 78 valence electrons. The van der Waals surface area contributed by atoms with Crippen molar-refractivity contribution in [2.75, 3.05) is 19.4 Å². The second kappa shape index (κ2) is 6.55. The molecule has 0 fully saturated rings. The van der Waals surface area contributed by atoms with Gasteiger partial charge in [-0.05, 0) is 13.8 Å². The first kappa shape index (κ1) is 13.1. The summed E-state index contributed by atoms with van der Waals surface area (Å²) in [5, 5.41) is -0.816. The summed E-state index contributed by atoms with van der Waals surface area (Å²) < 4.78 is 21.6. The van der Waals surface area contributed by atoms with Gasteiger partial charge in [-0.3, -0.25) is 4.57 Å². The zero-order valence-corrected chi connectivity index (χ0v) is 9.38. The predicted octanol–water partition coefficient (Wildman–Crippen LogP) is 2.06. The molecule has 0 heterocycles. The minimum atomic E-state index is -3.16. The Morgan fingerprint density at radius 2 is 1.85 bits per heavy atom. The smallest absolute Gasteiger partial charge is 0.309 e. The molecule has 0 aromatic heterocycles. The number of carbonyl (C=O) groups excluding carboxylic acids is 1. The highest BCUT2D eigenvalue weighted by atomic mass is 35.5. The van der Waals surface area contributed by atoms with Gasteiger partial charge in [0.05, 0.1) is 19.4 Å². The van der Waals surface area contributed by atoms with Crippen LogP contribution in [-0.4, -0.2) is 31.0 Å². The summed E-state index contributed by atoms with van der Waals surface area (Å²) in [4.78, 5) is 10.2. The second-order valence-corrected chi connectivity index (χ2v) is 4.95. The van der Waals surface area contributed by atoms with Crippen LogP contribution in [0.25, 0.3) is 0 Å². The summed E-state index contributed by atoms with van der Waals surface area (Å²) in [6.45, 7) is 3.96. The number of hydrogen-bond acceptors (Lipinski definition) is 4. The van der Waals surface area contributed by atoms with Crippen LogP contribution < -0.4 is 0 Å². The molecule has 0 saturated heterocycles. The van der Waals surface area contributed by atoms with Gasteiger partial charge < -0.3 is 13.8 Å². The molecule has 0 aromatic carbocycles. The maximum absolute atomic E-state index is 11.7. The lowest BCUT2D eigenvalue weighted by molar-refractivity contribution is -0.107. The van der Waals surface area contributed by atoms with Gasteiger partial charge >= 0.3 is 7.60 Å². The molecule has 0 aliphatic rings. The molecule has 13 heavy (non-hydrogen) atoms. The van der Waals surface area contributed by atoms with Gasteiger partial charge in [0, 0.05) is 0 Å². The van der Waals surface area contributed by atoms with Crippen molar-refractivity contribution in [3.63, 3.8) is 0 Å². The third-order valence-electron chi connectivity index (χ3n) is 1.20. The van der Waals surface area contributed by atoms with Gasteiger partial charge in [0.15, 0.2) is 0 Å². The van der Waals surface area contributed by atoms with E-state index in [2.05, 4.69) is 0 Å². The maximum Gasteiger partial charge on any atom is 0.332 e. The van der Waals surface area contributed by atoms with E-state index >= 15 is 0 Å². The summed E-state index contributed by atoms with van der Waals surface area (Å²) in [7, 11) is -3.16. The van der Waals surface area contributed by atoms with Crippen molar-refractivity contribution in [3.8, 4) is 0 Å². The Bertz CT molecular complexity index is 187. The van der Waals surface area contributed by atoms with Crippen LogP contribution >= 0.6 is 19.2 Å². The van der Waals surface area contributed by atoms with Crippen LogP contribution in [0.15, 0.2) is 0 Å². The summed E-state index contributed by atoms with van der Waals surface area (Å²) in [6.07, 6.45) is 0.450. The van der Waals surface area contributed by atoms with Gasteiger partial charge in [-0.15, -0.1) is 11.6 Å². The van der Waals surface area contributed by atoms with Crippen molar-refractivity contribution in [3.05, 3.63) is 0 Å². The predicted molar refractivity (Wildman–Crippen MR) is 51.4 cm³/mol. The van der Waals surface area contributed by atoms with E-state index in [0.717, 1.165) is 0 Å². The van der Waals surface area contributed by atoms with Crippen molar-refractivity contribution in [2.45, 2.75) is 19.2 Å². The maximum atomic E-state index is 11.7. The fraction of sp³-hybridized carbons (Fsp3) is 0.857. The van der Waals surface area contributed by atoms with Crippen molar-refractivity contribution in [1.29, 1.82) is 0 Å². The molecule has 1 atom stereocenters. The van der Waals surface area contributed by atoms with Gasteiger partial charge in [0.25, 0.3) is 0 Å². The Kier molecular flexibility index (Phi) is 6.60. The van der Waals surface area contributed by atoms with Crippen LogP contribution in [0.4, 0.5) is 0 Å². The Balaban J connectivity index is 4.22. The van der Waals surface area contributed by atoms with E-state index in [1.54, 1.807) is 13.8 Å². The molecule has 6 heteroatoms. The van der Waals surface area contributed by atoms with Gasteiger partial charge in [-0.1, -0.05) is 0 Å². The van der Waals surface area contributed by atoms with E-state index in [9.17, 15) is 9.36 Å². The number of aldehydes is 1. The average molecular weight is 229 g/mol. The number of rotatable bonds is 7. The number of carbonyl (C=O) groups is 1. The van der Waals surface area contributed by atoms with Crippen LogP contribution in [-0.2, 0) is 18.4 Å². The van der Waals surface area contributed by atoms with E-state index in [-0.39, 0.29) is 19.4 Å². The first-order valence-electron chi connectivity index (χ1n) is 4.05. The van der Waals surface area contributed by atoms with Crippen molar-refractivity contribution in [2.24, 2.45) is 0 Å². The lowest BCUT2D eigenvalue weighted by Gasteiger charge is -2.17. The van der Waals surface area contributed by atoms with E-state index in [4.69, 9.17) is 20.6 Å². The van der Waals surface area contributed by atoms with Gasteiger partial charge in [0.2, 0.25) is 0 Å². The van der Waals surface area contributed by atoms with Gasteiger partial charge in [0.1, 0.15) is 11.7 Å². The highest BCUT2D eigenvalue weighted by Crippen LogP contribution is 2.48. The summed E-state index contributed by atoms with van der Waals surface area (Å²) in [6, 6.07) is 0. The lowest BCUT2D eigenvalue weighted by Crippen LogP contribution is -2.11. The number of alkyl halides is 1. The summed E-state index contributed by atoms with van der Waals surface area (Å²) >= 11 is 5.52. The third-order valence-corrected chi connectivity index (χ3v) is 3.81. The first-order chi connectivity index (χ1) is 6.08. The molecule has 0 spiro atoms. The van der Waals surface area contributed by atoms with Crippen LogP contribution in [0.5, 0.6) is 0 Å². The van der Waals surface area contributed by atoms with E-state index < -0.39 is 13.0 Å². The molecular formula is C7H14ClO4P. The van der Waals surface area contributed by atoms with Crippen molar-refractivity contribution < 1.29 is 18.4 Å². The van der Waals surface area contributed by atoms with Gasteiger partial charge in [-0.25, -0.2) is 0 Å². The zero-order valence-electron chi connectivity index (χ0n) is 7.73. The first-order valence-corrected chi connectivity index (χ1v) is 6.22. The molecule has 0 amide bonds. The molecule has 0 saturated carbocycles. The van der Waals surface area contributed by atoms with Crippen LogP contribution in [0.3, 0.4) is 0 Å². The van der Waals surface area contributed by atoms with Crippen molar-refractivity contribution >= 4 is 25.5 Å². The molecule has 0 N–H and O–H groups in total. The van der Waals surface area contributed by atoms with Gasteiger partial charge in [-0.2, -0.15) is 0 Å². The normalized spacial score (nSPS) is 14.1. The van der Waals surface area contributed by atoms with E-state index in [0.29, 0.717) is 6.29 Å². The molecule has 1 unspecified atom stereocenters. The topological polar surface area (TPSA) is 52.6 Å². The Morgan fingerprint density at radius 1 is 1.38 bits per heavy atom. The molecule has 0 aromatic rings. The van der Waals surface area contributed by atoms with E-state index in [1.807, 2.05) is 0 Å². The Hall–Kier alpha value is 0.110. The minimum absolute atomic E-state index is 0.0697. The monoisotopic (exact) mass is 228 g/mol. The SMILES string of the molecule is CCOP(=O)(CC(Cl)C=O)OCC. The van der Waals surface area contributed by atoms with Crippen LogP contribution in [0.2, 0.25) is 0 Å². The average Bonchev–Trinajstić information content (AvgIpc) is 2.04. The fourth-order valence-corrected chi connectivity index (χ4v) is 2.89. The van der Waals surface area contributed by atoms with Crippen molar-refractivity contribution in [1.82, 2.24) is 0 Å². The molecule has 0 radical (unpaired) electrons. The zero-order chi connectivity index (χ0) is 10.3.